The summed E-state index contributed by atoms with van der Waals surface area (Å²) in [5.74, 6) is -1.67. The van der Waals surface area contributed by atoms with E-state index in [-0.39, 0.29) is 18.7 Å². The molecule has 2 N–H and O–H groups in total. The fourth-order valence-electron chi connectivity index (χ4n) is 5.30. The van der Waals surface area contributed by atoms with Crippen LogP contribution in [-0.2, 0) is 19.1 Å². The maximum Gasteiger partial charge on any atom is 0.328 e. The van der Waals surface area contributed by atoms with Crippen LogP contribution < -0.4 is 5.32 Å². The van der Waals surface area contributed by atoms with Gasteiger partial charge in [-0.2, -0.15) is 0 Å². The Hall–Kier alpha value is -1.59. The van der Waals surface area contributed by atoms with Crippen molar-refractivity contribution in [3.8, 4) is 0 Å². The molecule has 0 heterocycles. The molecule has 0 saturated carbocycles. The molecule has 0 aliphatic heterocycles. The van der Waals surface area contributed by atoms with Crippen LogP contribution in [0.2, 0.25) is 0 Å². The van der Waals surface area contributed by atoms with Gasteiger partial charge >= 0.3 is 11.9 Å². The Bertz CT molecular complexity index is 609. The molecule has 1 amide bonds. The third-order valence-corrected chi connectivity index (χ3v) is 8.02. The first-order valence-electron chi connectivity index (χ1n) is 17.7. The van der Waals surface area contributed by atoms with E-state index < -0.39 is 18.0 Å². The van der Waals surface area contributed by atoms with Crippen LogP contribution in [-0.4, -0.2) is 35.6 Å². The molecule has 0 unspecified atom stereocenters. The summed E-state index contributed by atoms with van der Waals surface area (Å²) in [6.45, 7) is 4.82. The number of rotatable bonds is 32. The molecule has 6 heteroatoms. The van der Waals surface area contributed by atoms with Gasteiger partial charge in [0.25, 0.3) is 0 Å². The molecule has 0 radical (unpaired) electrons. The lowest BCUT2D eigenvalue weighted by molar-refractivity contribution is -0.148. The molecule has 0 aliphatic rings. The van der Waals surface area contributed by atoms with Crippen molar-refractivity contribution in [3.63, 3.8) is 0 Å². The number of carbonyl (C=O) groups is 3. The maximum atomic E-state index is 12.5. The summed E-state index contributed by atoms with van der Waals surface area (Å²) in [5, 5.41) is 11.8. The molecular formula is C35H67NO5. The number of unbranched alkanes of at least 4 members (excludes halogenated alkanes) is 23. The predicted octanol–water partition coefficient (Wildman–Crippen LogP) is 10.1. The molecule has 0 spiro atoms. The number of ether oxygens (including phenoxy) is 1. The highest BCUT2D eigenvalue weighted by molar-refractivity contribution is 5.84. The largest absolute Gasteiger partial charge is 0.481 e. The first-order chi connectivity index (χ1) is 20.0. The molecule has 0 rings (SSSR count). The molecule has 0 aromatic carbocycles. The highest BCUT2D eigenvalue weighted by Crippen LogP contribution is 2.14. The van der Waals surface area contributed by atoms with Crippen molar-refractivity contribution < 1.29 is 24.2 Å². The Balaban J connectivity index is 3.86. The van der Waals surface area contributed by atoms with E-state index in [0.717, 1.165) is 38.5 Å². The summed E-state index contributed by atoms with van der Waals surface area (Å²) in [4.78, 5) is 36.0. The number of carboxylic acids is 1. The summed E-state index contributed by atoms with van der Waals surface area (Å²) >= 11 is 0. The van der Waals surface area contributed by atoms with E-state index in [9.17, 15) is 14.4 Å². The maximum absolute atomic E-state index is 12.5. The van der Waals surface area contributed by atoms with E-state index in [0.29, 0.717) is 13.0 Å². The number of hydrogen-bond donors (Lipinski definition) is 2. The van der Waals surface area contributed by atoms with E-state index in [1.165, 1.54) is 122 Å². The van der Waals surface area contributed by atoms with Gasteiger partial charge < -0.3 is 15.2 Å². The van der Waals surface area contributed by atoms with Crippen molar-refractivity contribution in [2.45, 2.75) is 200 Å². The van der Waals surface area contributed by atoms with Gasteiger partial charge in [-0.25, -0.2) is 4.79 Å². The van der Waals surface area contributed by atoms with Gasteiger partial charge in [0.2, 0.25) is 5.91 Å². The number of carboxylic acid groups (broad SMARTS) is 1. The monoisotopic (exact) mass is 582 g/mol. The van der Waals surface area contributed by atoms with Gasteiger partial charge in [-0.05, 0) is 19.3 Å². The van der Waals surface area contributed by atoms with Crippen LogP contribution in [0.3, 0.4) is 0 Å². The van der Waals surface area contributed by atoms with Crippen molar-refractivity contribution in [1.29, 1.82) is 0 Å². The van der Waals surface area contributed by atoms with Crippen molar-refractivity contribution in [2.24, 2.45) is 0 Å². The van der Waals surface area contributed by atoms with Gasteiger partial charge in [0.1, 0.15) is 6.04 Å². The number of hydrogen-bond acceptors (Lipinski definition) is 4. The third kappa shape index (κ3) is 29.7. The SMILES string of the molecule is CCCCCCCCCCCCCCCCCC(=O)N[C@@H](CCC(=O)O)C(=O)OCCCCCCCCCCCC. The first-order valence-corrected chi connectivity index (χ1v) is 17.7. The van der Waals surface area contributed by atoms with Crippen LogP contribution in [0.5, 0.6) is 0 Å². The highest BCUT2D eigenvalue weighted by Gasteiger charge is 2.23. The lowest BCUT2D eigenvalue weighted by Crippen LogP contribution is -2.42. The second kappa shape index (κ2) is 31.3. The van der Waals surface area contributed by atoms with E-state index in [2.05, 4.69) is 19.2 Å². The lowest BCUT2D eigenvalue weighted by atomic mass is 10.0. The quantitative estimate of drug-likeness (QED) is 0.0609. The molecule has 242 valence electrons. The molecule has 41 heavy (non-hydrogen) atoms. The molecule has 0 aromatic heterocycles. The van der Waals surface area contributed by atoms with E-state index >= 15 is 0 Å². The fraction of sp³-hybridized carbons (Fsp3) is 0.914. The number of esters is 1. The van der Waals surface area contributed by atoms with Gasteiger partial charge in [0.15, 0.2) is 0 Å². The summed E-state index contributed by atoms with van der Waals surface area (Å²) in [7, 11) is 0. The zero-order chi connectivity index (χ0) is 30.2. The van der Waals surface area contributed by atoms with Crippen molar-refractivity contribution in [1.82, 2.24) is 5.32 Å². The second-order valence-electron chi connectivity index (χ2n) is 12.1. The molecule has 0 bridgehead atoms. The second-order valence-corrected chi connectivity index (χ2v) is 12.1. The Morgan fingerprint density at radius 2 is 0.902 bits per heavy atom. The molecule has 1 atom stereocenters. The first kappa shape index (κ1) is 39.4. The average molecular weight is 582 g/mol. The molecule has 0 aromatic rings. The van der Waals surface area contributed by atoms with Crippen molar-refractivity contribution in [2.75, 3.05) is 6.61 Å². The Labute approximate surface area is 253 Å². The third-order valence-electron chi connectivity index (χ3n) is 8.02. The van der Waals surface area contributed by atoms with Crippen molar-refractivity contribution >= 4 is 17.8 Å². The van der Waals surface area contributed by atoms with Gasteiger partial charge in [-0.1, -0.05) is 162 Å². The standard InChI is InChI=1S/C35H67NO5/c1-3-5-7-9-11-13-15-16-17-18-19-20-22-24-26-28-33(37)36-32(29-30-34(38)39)35(40)41-31-27-25-23-21-14-12-10-8-6-4-2/h32H,3-31H2,1-2H3,(H,36,37)(H,38,39)/t32-/m0/s1. The van der Waals surface area contributed by atoms with Crippen LogP contribution in [0.1, 0.15) is 194 Å². The molecule has 0 aliphatic carbocycles. The Morgan fingerprint density at radius 1 is 0.537 bits per heavy atom. The number of carbonyl (C=O) groups excluding carboxylic acids is 2. The zero-order valence-corrected chi connectivity index (χ0v) is 27.2. The molecule has 0 fully saturated rings. The van der Waals surface area contributed by atoms with E-state index in [1.807, 2.05) is 0 Å². The van der Waals surface area contributed by atoms with Crippen molar-refractivity contribution in [3.05, 3.63) is 0 Å². The van der Waals surface area contributed by atoms with Crippen LogP contribution in [0, 0.1) is 0 Å². The van der Waals surface area contributed by atoms with Gasteiger partial charge in [-0.3, -0.25) is 9.59 Å². The van der Waals surface area contributed by atoms with Crippen LogP contribution in [0.4, 0.5) is 0 Å². The Morgan fingerprint density at radius 3 is 1.29 bits per heavy atom. The molecule has 6 nitrogen and oxygen atoms in total. The topological polar surface area (TPSA) is 92.7 Å². The molecular weight excluding hydrogens is 514 g/mol. The average Bonchev–Trinajstić information content (AvgIpc) is 2.95. The summed E-state index contributed by atoms with van der Waals surface area (Å²) in [6, 6.07) is -0.877. The summed E-state index contributed by atoms with van der Waals surface area (Å²) < 4.78 is 5.39. The van der Waals surface area contributed by atoms with E-state index in [4.69, 9.17) is 9.84 Å². The predicted molar refractivity (Wildman–Crippen MR) is 171 cm³/mol. The summed E-state index contributed by atoms with van der Waals surface area (Å²) in [6.07, 6.45) is 31.4. The smallest absolute Gasteiger partial charge is 0.328 e. The van der Waals surface area contributed by atoms with Gasteiger partial charge in [0.05, 0.1) is 6.61 Å². The normalized spacial score (nSPS) is 11.9. The zero-order valence-electron chi connectivity index (χ0n) is 27.2. The van der Waals surface area contributed by atoms with Crippen LogP contribution >= 0.6 is 0 Å². The van der Waals surface area contributed by atoms with Crippen LogP contribution in [0.15, 0.2) is 0 Å². The van der Waals surface area contributed by atoms with Crippen LogP contribution in [0.25, 0.3) is 0 Å². The minimum absolute atomic E-state index is 0.0663. The number of aliphatic carboxylic acids is 1. The fourth-order valence-corrected chi connectivity index (χ4v) is 5.30. The van der Waals surface area contributed by atoms with Gasteiger partial charge in [-0.15, -0.1) is 0 Å². The van der Waals surface area contributed by atoms with E-state index in [1.54, 1.807) is 0 Å². The Kier molecular flexibility index (Phi) is 30.1. The number of amides is 1. The minimum atomic E-state index is -0.978. The summed E-state index contributed by atoms with van der Waals surface area (Å²) in [5.41, 5.74) is 0. The minimum Gasteiger partial charge on any atom is -0.481 e. The highest BCUT2D eigenvalue weighted by atomic mass is 16.5. The van der Waals surface area contributed by atoms with Gasteiger partial charge in [0, 0.05) is 12.8 Å². The molecule has 0 saturated heterocycles. The number of nitrogens with one attached hydrogen (secondary N) is 1. The lowest BCUT2D eigenvalue weighted by Gasteiger charge is -2.17.